The van der Waals surface area contributed by atoms with Crippen LogP contribution in [-0.2, 0) is 23.5 Å². The predicted octanol–water partition coefficient (Wildman–Crippen LogP) is 6.73. The van der Waals surface area contributed by atoms with Crippen LogP contribution in [0.2, 0.25) is 0 Å². The molecule has 2 aromatic carbocycles. The van der Waals surface area contributed by atoms with Crippen molar-refractivity contribution in [3.63, 3.8) is 0 Å². The molecule has 0 saturated carbocycles. The fourth-order valence-electron chi connectivity index (χ4n) is 2.40. The second-order valence-electron chi connectivity index (χ2n) is 5.40. The minimum atomic E-state index is -4.26. The third-order valence-corrected chi connectivity index (χ3v) is 3.67. The number of hydrogen-bond donors (Lipinski definition) is 0. The number of benzene rings is 2. The van der Waals surface area contributed by atoms with Crippen LogP contribution in [-0.4, -0.2) is 4.98 Å². The third-order valence-electron chi connectivity index (χ3n) is 3.67. The monoisotopic (exact) mass is 461 g/mol. The molecule has 0 N–H and O–H groups in total. The van der Waals surface area contributed by atoms with Crippen LogP contribution in [0.1, 0.15) is 17.5 Å². The summed E-state index contributed by atoms with van der Waals surface area (Å²) in [5.74, 6) is 0. The summed E-state index contributed by atoms with van der Waals surface area (Å²) in [6.07, 6.45) is 4.95. The van der Waals surface area contributed by atoms with Gasteiger partial charge in [-0.1, -0.05) is 30.3 Å². The van der Waals surface area contributed by atoms with E-state index >= 15 is 0 Å². The molecular formula is C21H16Cl2CrF3N. The van der Waals surface area contributed by atoms with Gasteiger partial charge in [0, 0.05) is 6.20 Å². The minimum Gasteiger partial charge on any atom is -0.283 e. The van der Waals surface area contributed by atoms with Gasteiger partial charge in [0.15, 0.2) is 0 Å². The van der Waals surface area contributed by atoms with Gasteiger partial charge in [0.1, 0.15) is 0 Å². The topological polar surface area (TPSA) is 12.9 Å². The minimum absolute atomic E-state index is 0. The number of fused-ring (bicyclic) bond motifs is 1. The van der Waals surface area contributed by atoms with Crippen LogP contribution in [0.5, 0.6) is 0 Å². The molecule has 1 aliphatic rings. The molecule has 28 heavy (non-hydrogen) atoms. The number of aromatic nitrogens is 1. The number of hydrogen-bond acceptors (Lipinski definition) is 1. The van der Waals surface area contributed by atoms with Gasteiger partial charge in [-0.15, -0.1) is 48.3 Å². The summed E-state index contributed by atoms with van der Waals surface area (Å²) in [4.78, 5) is 4.13. The maximum Gasteiger partial charge on any atom is 2.00 e. The van der Waals surface area contributed by atoms with Crippen molar-refractivity contribution >= 4 is 41.3 Å². The van der Waals surface area contributed by atoms with Crippen molar-refractivity contribution in [1.29, 1.82) is 0 Å². The molecule has 0 saturated heterocycles. The summed E-state index contributed by atoms with van der Waals surface area (Å²) < 4.78 is 36.8. The number of pyridine rings is 1. The van der Waals surface area contributed by atoms with Crippen LogP contribution in [0.25, 0.3) is 16.5 Å². The molecule has 0 aliphatic heterocycles. The molecule has 1 aliphatic carbocycles. The van der Waals surface area contributed by atoms with E-state index in [9.17, 15) is 13.2 Å². The number of nitrogens with zero attached hydrogens (tertiary/aromatic N) is 1. The van der Waals surface area contributed by atoms with E-state index in [0.29, 0.717) is 0 Å². The molecule has 0 spiro atoms. The zero-order valence-corrected chi connectivity index (χ0v) is 17.3. The van der Waals surface area contributed by atoms with E-state index in [2.05, 4.69) is 17.1 Å². The van der Waals surface area contributed by atoms with E-state index in [0.717, 1.165) is 40.6 Å². The van der Waals surface area contributed by atoms with E-state index < -0.39 is 11.7 Å². The van der Waals surface area contributed by atoms with Crippen LogP contribution in [0.4, 0.5) is 13.2 Å². The molecule has 146 valence electrons. The van der Waals surface area contributed by atoms with Gasteiger partial charge in [0.2, 0.25) is 0 Å². The summed E-state index contributed by atoms with van der Waals surface area (Å²) in [7, 11) is 0. The first-order valence-electron chi connectivity index (χ1n) is 7.70. The van der Waals surface area contributed by atoms with Crippen molar-refractivity contribution in [2.24, 2.45) is 0 Å². The molecule has 4 rings (SSSR count). The SMILES string of the molecule is Cl.Cl.FC(F)(F)c1ccc(C2=CC[C-]=C2)cc1.[Cr+2].[c-]1cccc2cccnc12. The van der Waals surface area contributed by atoms with E-state index in [1.807, 2.05) is 36.4 Å². The molecule has 1 heterocycles. The number of allylic oxidation sites excluding steroid dienone is 4. The van der Waals surface area contributed by atoms with Crippen LogP contribution in [0, 0.1) is 12.1 Å². The average molecular weight is 462 g/mol. The van der Waals surface area contributed by atoms with E-state index in [-0.39, 0.29) is 42.2 Å². The van der Waals surface area contributed by atoms with Gasteiger partial charge in [-0.3, -0.25) is 11.1 Å². The van der Waals surface area contributed by atoms with Gasteiger partial charge in [-0.2, -0.15) is 49.1 Å². The van der Waals surface area contributed by atoms with Crippen LogP contribution < -0.4 is 0 Å². The summed E-state index contributed by atoms with van der Waals surface area (Å²) in [6, 6.07) is 18.0. The molecule has 0 fully saturated rings. The summed E-state index contributed by atoms with van der Waals surface area (Å²) in [6.45, 7) is 0. The number of halogens is 5. The Morgan fingerprint density at radius 2 is 1.61 bits per heavy atom. The van der Waals surface area contributed by atoms with Gasteiger partial charge in [0.05, 0.1) is 5.56 Å². The Balaban J connectivity index is 0.000000497. The predicted molar refractivity (Wildman–Crippen MR) is 107 cm³/mol. The fraction of sp³-hybridized carbons (Fsp3) is 0.0952. The van der Waals surface area contributed by atoms with E-state index in [1.54, 1.807) is 12.3 Å². The summed E-state index contributed by atoms with van der Waals surface area (Å²) in [5, 5.41) is 1.14. The Bertz CT molecular complexity index is 857. The quantitative estimate of drug-likeness (QED) is 0.366. The first kappa shape index (κ1) is 26.2. The van der Waals surface area contributed by atoms with Crippen molar-refractivity contribution in [1.82, 2.24) is 4.98 Å². The van der Waals surface area contributed by atoms with Crippen molar-refractivity contribution in [2.75, 3.05) is 0 Å². The van der Waals surface area contributed by atoms with Crippen LogP contribution in [0.15, 0.2) is 72.9 Å². The molecular weight excluding hydrogens is 446 g/mol. The molecule has 7 heteroatoms. The maximum atomic E-state index is 12.3. The number of para-hydroxylation sites is 1. The van der Waals surface area contributed by atoms with E-state index in [1.165, 1.54) is 12.1 Å². The van der Waals surface area contributed by atoms with Gasteiger partial charge in [0.25, 0.3) is 0 Å². The van der Waals surface area contributed by atoms with Crippen molar-refractivity contribution in [3.05, 3.63) is 96.2 Å². The van der Waals surface area contributed by atoms with Crippen LogP contribution >= 0.6 is 24.8 Å². The third kappa shape index (κ3) is 7.00. The first-order valence-corrected chi connectivity index (χ1v) is 7.70. The van der Waals surface area contributed by atoms with Crippen molar-refractivity contribution < 1.29 is 30.5 Å². The first-order chi connectivity index (χ1) is 12.0. The largest absolute Gasteiger partial charge is 2.00 e. The second-order valence-corrected chi connectivity index (χ2v) is 5.40. The smallest absolute Gasteiger partial charge is 0.283 e. The summed E-state index contributed by atoms with van der Waals surface area (Å²) >= 11 is 0. The van der Waals surface area contributed by atoms with Gasteiger partial charge in [-0.25, -0.2) is 6.08 Å². The Labute approximate surface area is 185 Å². The molecule has 0 amide bonds. The second kappa shape index (κ2) is 11.9. The summed E-state index contributed by atoms with van der Waals surface area (Å²) in [5.41, 5.74) is 2.06. The standard InChI is InChI=1S/C12H8F3.C9H6N.2ClH.Cr/c13-12(14,15)11-7-5-10(6-8-11)9-3-1-2-4-9;1-2-6-9-8(4-1)5-3-7-10-9;;;/h3-8H,1H2;1-5,7H;2*1H;/q2*-1;;;+2. The van der Waals surface area contributed by atoms with Crippen LogP contribution in [0.3, 0.4) is 0 Å². The average Bonchev–Trinajstić information content (AvgIpc) is 3.16. The Hall–Kier alpha value is -1.77. The maximum absolute atomic E-state index is 12.3. The van der Waals surface area contributed by atoms with Gasteiger partial charge >= 0.3 is 23.5 Å². The molecule has 1 aromatic heterocycles. The molecule has 0 radical (unpaired) electrons. The Morgan fingerprint density at radius 1 is 0.929 bits per heavy atom. The molecule has 3 aromatic rings. The molecule has 0 unspecified atom stereocenters. The fourth-order valence-corrected chi connectivity index (χ4v) is 2.40. The van der Waals surface area contributed by atoms with Crippen molar-refractivity contribution in [2.45, 2.75) is 12.6 Å². The zero-order chi connectivity index (χ0) is 17.7. The van der Waals surface area contributed by atoms with E-state index in [4.69, 9.17) is 0 Å². The number of alkyl halides is 3. The van der Waals surface area contributed by atoms with Crippen molar-refractivity contribution in [3.8, 4) is 0 Å². The Morgan fingerprint density at radius 3 is 2.18 bits per heavy atom. The zero-order valence-electron chi connectivity index (χ0n) is 14.4. The molecule has 0 bridgehead atoms. The number of rotatable bonds is 1. The Kier molecular flexibility index (Phi) is 11.2. The molecule has 0 atom stereocenters. The van der Waals surface area contributed by atoms with Gasteiger partial charge in [-0.05, 0) is 5.52 Å². The van der Waals surface area contributed by atoms with Gasteiger partial charge < -0.3 is 0 Å². The normalized spacial score (nSPS) is 11.9. The molecule has 1 nitrogen and oxygen atoms in total.